The van der Waals surface area contributed by atoms with Gasteiger partial charge in [-0.15, -0.1) is 0 Å². The lowest BCUT2D eigenvalue weighted by molar-refractivity contribution is 0.00321. The highest BCUT2D eigenvalue weighted by Gasteiger charge is 2.31. The van der Waals surface area contributed by atoms with Crippen LogP contribution in [-0.4, -0.2) is 32.0 Å². The van der Waals surface area contributed by atoms with E-state index in [4.69, 9.17) is 4.74 Å². The molecule has 1 aliphatic heterocycles. The first-order valence-electron chi connectivity index (χ1n) is 6.92. The van der Waals surface area contributed by atoms with E-state index in [9.17, 15) is 8.78 Å². The molecule has 1 fully saturated rings. The second-order valence-electron chi connectivity index (χ2n) is 5.74. The standard InChI is InChI=1S/C15H25F2NO/c1-12(2)8-14(9-13(3)16)10-19-11-15(17)4-6-18-7-5-15/h9,12,18H,3-8,10-11H2,1-2H3/b14-9+. The summed E-state index contributed by atoms with van der Waals surface area (Å²) in [5.74, 6) is -0.0662. The van der Waals surface area contributed by atoms with Gasteiger partial charge in [-0.05, 0) is 49.9 Å². The fourth-order valence-electron chi connectivity index (χ4n) is 2.29. The first-order valence-corrected chi connectivity index (χ1v) is 6.92. The summed E-state index contributed by atoms with van der Waals surface area (Å²) in [5.41, 5.74) is -0.402. The van der Waals surface area contributed by atoms with Crippen LogP contribution in [0.4, 0.5) is 8.78 Å². The highest BCUT2D eigenvalue weighted by Crippen LogP contribution is 2.24. The van der Waals surface area contributed by atoms with E-state index in [0.717, 1.165) is 12.0 Å². The van der Waals surface area contributed by atoms with Crippen LogP contribution >= 0.6 is 0 Å². The monoisotopic (exact) mass is 273 g/mol. The lowest BCUT2D eigenvalue weighted by atomic mass is 9.95. The van der Waals surface area contributed by atoms with Crippen molar-refractivity contribution in [1.82, 2.24) is 5.32 Å². The summed E-state index contributed by atoms with van der Waals surface area (Å²) < 4.78 is 32.6. The summed E-state index contributed by atoms with van der Waals surface area (Å²) in [7, 11) is 0. The highest BCUT2D eigenvalue weighted by molar-refractivity contribution is 5.16. The van der Waals surface area contributed by atoms with Crippen molar-refractivity contribution in [3.05, 3.63) is 24.1 Å². The van der Waals surface area contributed by atoms with Crippen LogP contribution in [0.3, 0.4) is 0 Å². The molecule has 1 rings (SSSR count). The van der Waals surface area contributed by atoms with Gasteiger partial charge in [0, 0.05) is 0 Å². The molecular formula is C15H25F2NO. The number of piperidine rings is 1. The normalized spacial score (nSPS) is 19.7. The number of allylic oxidation sites excluding steroid dienone is 2. The van der Waals surface area contributed by atoms with Gasteiger partial charge in [0.15, 0.2) is 0 Å². The van der Waals surface area contributed by atoms with Crippen LogP contribution in [0.25, 0.3) is 0 Å². The molecule has 0 saturated carbocycles. The summed E-state index contributed by atoms with van der Waals surface area (Å²) in [6.07, 6.45) is 3.09. The maximum absolute atomic E-state index is 14.3. The Labute approximate surface area is 114 Å². The Hall–Kier alpha value is -0.740. The number of hydrogen-bond acceptors (Lipinski definition) is 2. The topological polar surface area (TPSA) is 21.3 Å². The summed E-state index contributed by atoms with van der Waals surface area (Å²) in [5, 5.41) is 3.12. The minimum absolute atomic E-state index is 0.0862. The second kappa shape index (κ2) is 7.75. The van der Waals surface area contributed by atoms with Crippen molar-refractivity contribution in [2.45, 2.75) is 38.8 Å². The number of hydrogen-bond donors (Lipinski definition) is 1. The molecule has 1 saturated heterocycles. The minimum Gasteiger partial charge on any atom is -0.374 e. The number of rotatable bonds is 7. The number of ether oxygens (including phenoxy) is 1. The molecule has 0 unspecified atom stereocenters. The average molecular weight is 273 g/mol. The van der Waals surface area contributed by atoms with E-state index in [1.165, 1.54) is 6.08 Å². The second-order valence-corrected chi connectivity index (χ2v) is 5.74. The lowest BCUT2D eigenvalue weighted by Crippen LogP contribution is -2.42. The molecule has 0 spiro atoms. The van der Waals surface area contributed by atoms with Crippen LogP contribution in [0.1, 0.15) is 33.1 Å². The first kappa shape index (κ1) is 16.3. The maximum atomic E-state index is 14.3. The molecule has 0 atom stereocenters. The molecule has 1 N–H and O–H groups in total. The summed E-state index contributed by atoms with van der Waals surface area (Å²) >= 11 is 0. The van der Waals surface area contributed by atoms with Gasteiger partial charge >= 0.3 is 0 Å². The maximum Gasteiger partial charge on any atom is 0.136 e. The van der Waals surface area contributed by atoms with Crippen LogP contribution in [0.5, 0.6) is 0 Å². The zero-order valence-electron chi connectivity index (χ0n) is 12.0. The van der Waals surface area contributed by atoms with E-state index in [2.05, 4.69) is 25.7 Å². The molecule has 0 aromatic carbocycles. The minimum atomic E-state index is -1.24. The van der Waals surface area contributed by atoms with Gasteiger partial charge in [0.25, 0.3) is 0 Å². The highest BCUT2D eigenvalue weighted by atomic mass is 19.1. The molecule has 1 heterocycles. The third-order valence-corrected chi connectivity index (χ3v) is 3.18. The van der Waals surface area contributed by atoms with Crippen molar-refractivity contribution in [1.29, 1.82) is 0 Å². The molecule has 4 heteroatoms. The number of nitrogens with one attached hydrogen (secondary N) is 1. The Morgan fingerprint density at radius 3 is 2.58 bits per heavy atom. The molecule has 2 nitrogen and oxygen atoms in total. The van der Waals surface area contributed by atoms with Crippen molar-refractivity contribution in [2.24, 2.45) is 5.92 Å². The van der Waals surface area contributed by atoms with Crippen LogP contribution in [0.15, 0.2) is 24.1 Å². The van der Waals surface area contributed by atoms with Crippen molar-refractivity contribution >= 4 is 0 Å². The Kier molecular flexibility index (Phi) is 6.66. The molecule has 0 radical (unpaired) electrons. The zero-order chi connectivity index (χ0) is 14.3. The molecule has 0 aromatic heterocycles. The van der Waals surface area contributed by atoms with Crippen LogP contribution in [-0.2, 0) is 4.74 Å². The Bertz CT molecular complexity index is 320. The predicted molar refractivity (Wildman–Crippen MR) is 74.5 cm³/mol. The molecule has 1 aliphatic rings. The van der Waals surface area contributed by atoms with Gasteiger partial charge in [-0.1, -0.05) is 20.4 Å². The van der Waals surface area contributed by atoms with Crippen LogP contribution < -0.4 is 5.32 Å². The van der Waals surface area contributed by atoms with E-state index < -0.39 is 11.5 Å². The van der Waals surface area contributed by atoms with E-state index in [0.29, 0.717) is 31.8 Å². The number of alkyl halides is 1. The molecule has 0 aromatic rings. The molecule has 0 bridgehead atoms. The lowest BCUT2D eigenvalue weighted by Gasteiger charge is -2.29. The largest absolute Gasteiger partial charge is 0.374 e. The quantitative estimate of drug-likeness (QED) is 0.716. The molecule has 0 aliphatic carbocycles. The predicted octanol–water partition coefficient (Wildman–Crippen LogP) is 3.55. The SMILES string of the molecule is C=C(F)/C=C(/COCC1(F)CCNCC1)CC(C)C. The van der Waals surface area contributed by atoms with E-state index in [1.54, 1.807) is 0 Å². The molecular weight excluding hydrogens is 248 g/mol. The van der Waals surface area contributed by atoms with E-state index in [1.807, 2.05) is 0 Å². The van der Waals surface area contributed by atoms with Crippen molar-refractivity contribution in [3.63, 3.8) is 0 Å². The van der Waals surface area contributed by atoms with Gasteiger partial charge in [0.05, 0.1) is 13.2 Å². The molecule has 110 valence electrons. The first-order chi connectivity index (χ1) is 8.91. The summed E-state index contributed by atoms with van der Waals surface area (Å²) in [6.45, 7) is 9.09. The summed E-state index contributed by atoms with van der Waals surface area (Å²) in [6, 6.07) is 0. The van der Waals surface area contributed by atoms with Gasteiger partial charge in [0.1, 0.15) is 11.5 Å². The zero-order valence-corrected chi connectivity index (χ0v) is 12.0. The summed E-state index contributed by atoms with van der Waals surface area (Å²) in [4.78, 5) is 0. The van der Waals surface area contributed by atoms with E-state index in [-0.39, 0.29) is 13.2 Å². The van der Waals surface area contributed by atoms with Gasteiger partial charge < -0.3 is 10.1 Å². The Morgan fingerprint density at radius 1 is 1.42 bits per heavy atom. The van der Waals surface area contributed by atoms with Crippen molar-refractivity contribution < 1.29 is 13.5 Å². The fourth-order valence-corrected chi connectivity index (χ4v) is 2.29. The van der Waals surface area contributed by atoms with Crippen LogP contribution in [0.2, 0.25) is 0 Å². The van der Waals surface area contributed by atoms with Crippen molar-refractivity contribution in [2.75, 3.05) is 26.3 Å². The Morgan fingerprint density at radius 2 is 2.05 bits per heavy atom. The third-order valence-electron chi connectivity index (χ3n) is 3.18. The molecule has 19 heavy (non-hydrogen) atoms. The van der Waals surface area contributed by atoms with Gasteiger partial charge in [-0.3, -0.25) is 0 Å². The fraction of sp³-hybridized carbons (Fsp3) is 0.733. The smallest absolute Gasteiger partial charge is 0.136 e. The number of halogens is 2. The van der Waals surface area contributed by atoms with Crippen molar-refractivity contribution in [3.8, 4) is 0 Å². The average Bonchev–Trinajstić information content (AvgIpc) is 2.27. The van der Waals surface area contributed by atoms with Gasteiger partial charge in [0.2, 0.25) is 0 Å². The van der Waals surface area contributed by atoms with Gasteiger partial charge in [-0.25, -0.2) is 8.78 Å². The van der Waals surface area contributed by atoms with Gasteiger partial charge in [-0.2, -0.15) is 0 Å². The third kappa shape index (κ3) is 6.83. The van der Waals surface area contributed by atoms with E-state index >= 15 is 0 Å². The Balaban J connectivity index is 2.41. The van der Waals surface area contributed by atoms with Crippen LogP contribution in [0, 0.1) is 5.92 Å². The molecule has 0 amide bonds.